The van der Waals surface area contributed by atoms with Gasteiger partial charge in [0.05, 0.1) is 5.41 Å². The van der Waals surface area contributed by atoms with Crippen molar-refractivity contribution in [3.63, 3.8) is 0 Å². The number of carbonyl (C=O) groups is 1. The summed E-state index contributed by atoms with van der Waals surface area (Å²) < 4.78 is 62.0. The fraction of sp³-hybridized carbons (Fsp3) is 0.900. The van der Waals surface area contributed by atoms with E-state index < -0.39 is 34.3 Å². The Morgan fingerprint density at radius 1 is 1.45 bits per heavy atom. The van der Waals surface area contributed by atoms with Crippen molar-refractivity contribution in [2.24, 2.45) is 5.41 Å². The van der Waals surface area contributed by atoms with Gasteiger partial charge >= 0.3 is 12.1 Å². The van der Waals surface area contributed by atoms with Crippen molar-refractivity contribution in [1.29, 1.82) is 0 Å². The Balaban J connectivity index is 2.83. The molecule has 0 aliphatic carbocycles. The topological polar surface area (TPSA) is 86.7 Å². The molecule has 0 bridgehead atoms. The number of alkyl halides is 3. The molecular weight excluding hydrogens is 301 g/mol. The van der Waals surface area contributed by atoms with Crippen molar-refractivity contribution in [3.05, 3.63) is 0 Å². The van der Waals surface area contributed by atoms with Crippen LogP contribution in [-0.4, -0.2) is 49.6 Å². The van der Waals surface area contributed by atoms with Crippen LogP contribution in [0.1, 0.15) is 26.2 Å². The lowest BCUT2D eigenvalue weighted by Gasteiger charge is -2.38. The van der Waals surface area contributed by atoms with Crippen LogP contribution >= 0.6 is 0 Å². The number of piperidine rings is 1. The highest BCUT2D eigenvalue weighted by molar-refractivity contribution is 7.87. The third-order valence-corrected chi connectivity index (χ3v) is 4.97. The van der Waals surface area contributed by atoms with Gasteiger partial charge in [-0.2, -0.15) is 30.6 Å². The molecule has 0 radical (unpaired) electrons. The molecule has 1 aliphatic rings. The van der Waals surface area contributed by atoms with E-state index in [2.05, 4.69) is 0 Å². The molecule has 0 amide bonds. The molecule has 1 heterocycles. The first-order valence-electron chi connectivity index (χ1n) is 6.07. The molecule has 10 heteroatoms. The Labute approximate surface area is 115 Å². The van der Waals surface area contributed by atoms with E-state index in [1.807, 2.05) is 0 Å². The van der Waals surface area contributed by atoms with Gasteiger partial charge in [0.1, 0.15) is 6.54 Å². The second-order valence-corrected chi connectivity index (χ2v) is 6.57. The van der Waals surface area contributed by atoms with Crippen molar-refractivity contribution >= 4 is 16.2 Å². The largest absolute Gasteiger partial charge is 0.481 e. The van der Waals surface area contributed by atoms with E-state index in [9.17, 15) is 31.5 Å². The Kier molecular flexibility index (Phi) is 5.03. The standard InChI is InChI=1S/C10H17F3N2O4S/c1-2-9(8(16)17)4-3-5-15(7-9)20(18,19)14-6-10(11,12)13/h14H,2-7H2,1H3,(H,16,17). The monoisotopic (exact) mass is 318 g/mol. The smallest absolute Gasteiger partial charge is 0.402 e. The number of aliphatic carboxylic acids is 1. The van der Waals surface area contributed by atoms with Crippen LogP contribution in [0.3, 0.4) is 0 Å². The molecule has 0 aromatic heterocycles. The number of nitrogens with zero attached hydrogens (tertiary/aromatic N) is 1. The minimum Gasteiger partial charge on any atom is -0.481 e. The van der Waals surface area contributed by atoms with Gasteiger partial charge in [-0.15, -0.1) is 0 Å². The van der Waals surface area contributed by atoms with E-state index in [0.717, 1.165) is 4.31 Å². The van der Waals surface area contributed by atoms with Gasteiger partial charge in [-0.05, 0) is 19.3 Å². The highest BCUT2D eigenvalue weighted by Gasteiger charge is 2.44. The van der Waals surface area contributed by atoms with E-state index in [4.69, 9.17) is 0 Å². The Morgan fingerprint density at radius 2 is 2.05 bits per heavy atom. The minimum atomic E-state index is -4.66. The van der Waals surface area contributed by atoms with Crippen molar-refractivity contribution in [2.45, 2.75) is 32.4 Å². The van der Waals surface area contributed by atoms with Crippen molar-refractivity contribution in [1.82, 2.24) is 9.03 Å². The molecule has 0 saturated carbocycles. The molecule has 118 valence electrons. The van der Waals surface area contributed by atoms with Crippen LogP contribution in [-0.2, 0) is 15.0 Å². The van der Waals surface area contributed by atoms with Crippen LogP contribution in [0.25, 0.3) is 0 Å². The molecule has 0 aromatic carbocycles. The molecule has 1 fully saturated rings. The molecule has 2 N–H and O–H groups in total. The molecule has 1 rings (SSSR count). The summed E-state index contributed by atoms with van der Waals surface area (Å²) in [5.74, 6) is -1.13. The number of carboxylic acid groups (broad SMARTS) is 1. The molecule has 1 unspecified atom stereocenters. The summed E-state index contributed by atoms with van der Waals surface area (Å²) in [6, 6.07) is 0. The first-order valence-corrected chi connectivity index (χ1v) is 7.51. The van der Waals surface area contributed by atoms with Crippen LogP contribution < -0.4 is 4.72 Å². The Morgan fingerprint density at radius 3 is 2.50 bits per heavy atom. The summed E-state index contributed by atoms with van der Waals surface area (Å²) in [6.07, 6.45) is -3.83. The van der Waals surface area contributed by atoms with E-state index >= 15 is 0 Å². The molecule has 1 saturated heterocycles. The number of halogens is 3. The first-order chi connectivity index (χ1) is 9.02. The van der Waals surface area contributed by atoms with Gasteiger partial charge in [-0.1, -0.05) is 6.92 Å². The van der Waals surface area contributed by atoms with Gasteiger partial charge in [-0.25, -0.2) is 0 Å². The Hall–Kier alpha value is -0.870. The number of rotatable bonds is 5. The van der Waals surface area contributed by atoms with Gasteiger partial charge < -0.3 is 5.11 Å². The predicted octanol–water partition coefficient (Wildman–Crippen LogP) is 0.960. The van der Waals surface area contributed by atoms with Gasteiger partial charge in [0.2, 0.25) is 0 Å². The van der Waals surface area contributed by atoms with Gasteiger partial charge in [-0.3, -0.25) is 4.79 Å². The van der Waals surface area contributed by atoms with Gasteiger partial charge in [0, 0.05) is 13.1 Å². The Bertz CT molecular complexity index is 466. The van der Waals surface area contributed by atoms with E-state index in [1.54, 1.807) is 6.92 Å². The van der Waals surface area contributed by atoms with Crippen molar-refractivity contribution in [2.75, 3.05) is 19.6 Å². The molecule has 20 heavy (non-hydrogen) atoms. The zero-order chi connectivity index (χ0) is 15.6. The zero-order valence-corrected chi connectivity index (χ0v) is 11.7. The lowest BCUT2D eigenvalue weighted by Crippen LogP contribution is -2.53. The van der Waals surface area contributed by atoms with Crippen LogP contribution in [0.4, 0.5) is 13.2 Å². The highest BCUT2D eigenvalue weighted by Crippen LogP contribution is 2.34. The summed E-state index contributed by atoms with van der Waals surface area (Å²) in [5, 5.41) is 9.21. The normalized spacial score (nSPS) is 25.6. The zero-order valence-electron chi connectivity index (χ0n) is 10.9. The second-order valence-electron chi connectivity index (χ2n) is 4.82. The molecule has 1 aliphatic heterocycles. The fourth-order valence-electron chi connectivity index (χ4n) is 2.17. The first kappa shape index (κ1) is 17.2. The summed E-state index contributed by atoms with van der Waals surface area (Å²) in [6.45, 7) is -0.348. The SMILES string of the molecule is CCC1(C(=O)O)CCCN(S(=O)(=O)NCC(F)(F)F)C1. The molecule has 0 aromatic rings. The maximum absolute atomic E-state index is 12.1. The molecule has 1 atom stereocenters. The fourth-order valence-corrected chi connectivity index (χ4v) is 3.49. The second kappa shape index (κ2) is 5.86. The lowest BCUT2D eigenvalue weighted by atomic mass is 9.78. The van der Waals surface area contributed by atoms with E-state index in [0.29, 0.717) is 12.8 Å². The lowest BCUT2D eigenvalue weighted by molar-refractivity contribution is -0.151. The van der Waals surface area contributed by atoms with Gasteiger partial charge in [0.15, 0.2) is 0 Å². The number of hydrogen-bond acceptors (Lipinski definition) is 3. The average molecular weight is 318 g/mol. The maximum atomic E-state index is 12.1. The predicted molar refractivity (Wildman–Crippen MR) is 64.1 cm³/mol. The van der Waals surface area contributed by atoms with Crippen LogP contribution in [0, 0.1) is 5.41 Å². The summed E-state index contributed by atoms with van der Waals surface area (Å²) in [4.78, 5) is 11.3. The maximum Gasteiger partial charge on any atom is 0.402 e. The molecular formula is C10H17F3N2O4S. The van der Waals surface area contributed by atoms with Crippen LogP contribution in [0.5, 0.6) is 0 Å². The van der Waals surface area contributed by atoms with Crippen LogP contribution in [0.15, 0.2) is 0 Å². The third-order valence-electron chi connectivity index (χ3n) is 3.47. The number of nitrogens with one attached hydrogen (secondary N) is 1. The molecule has 0 spiro atoms. The van der Waals surface area contributed by atoms with E-state index in [1.165, 1.54) is 4.72 Å². The number of hydrogen-bond donors (Lipinski definition) is 2. The summed E-state index contributed by atoms with van der Waals surface area (Å²) >= 11 is 0. The van der Waals surface area contributed by atoms with Crippen molar-refractivity contribution < 1.29 is 31.5 Å². The van der Waals surface area contributed by atoms with Crippen LogP contribution in [0.2, 0.25) is 0 Å². The summed E-state index contributed by atoms with van der Waals surface area (Å²) in [5.41, 5.74) is -1.23. The molecule has 6 nitrogen and oxygen atoms in total. The number of carboxylic acids is 1. The summed E-state index contributed by atoms with van der Waals surface area (Å²) in [7, 11) is -4.33. The highest BCUT2D eigenvalue weighted by atomic mass is 32.2. The minimum absolute atomic E-state index is 0.0161. The van der Waals surface area contributed by atoms with E-state index in [-0.39, 0.29) is 19.5 Å². The van der Waals surface area contributed by atoms with Gasteiger partial charge in [0.25, 0.3) is 10.2 Å². The quantitative estimate of drug-likeness (QED) is 0.790. The third kappa shape index (κ3) is 4.06. The average Bonchev–Trinajstić information content (AvgIpc) is 2.35. The van der Waals surface area contributed by atoms with Crippen molar-refractivity contribution in [3.8, 4) is 0 Å².